The van der Waals surface area contributed by atoms with Crippen molar-refractivity contribution in [3.8, 4) is 16.9 Å². The first-order chi connectivity index (χ1) is 22.1. The van der Waals surface area contributed by atoms with E-state index in [-0.39, 0.29) is 17.2 Å². The van der Waals surface area contributed by atoms with Gasteiger partial charge < -0.3 is 9.47 Å². The quantitative estimate of drug-likeness (QED) is 0.230. The molecule has 1 aliphatic rings. The van der Waals surface area contributed by atoms with Gasteiger partial charge in [0.1, 0.15) is 0 Å². The first kappa shape index (κ1) is 30.7. The molecule has 3 heterocycles. The van der Waals surface area contributed by atoms with Crippen molar-refractivity contribution in [2.45, 2.75) is 39.8 Å². The summed E-state index contributed by atoms with van der Waals surface area (Å²) in [6, 6.07) is 23.7. The van der Waals surface area contributed by atoms with Gasteiger partial charge in [-0.05, 0) is 63.6 Å². The van der Waals surface area contributed by atoms with E-state index in [9.17, 15) is 14.4 Å². The zero-order chi connectivity index (χ0) is 32.5. The van der Waals surface area contributed by atoms with Crippen molar-refractivity contribution in [3.63, 3.8) is 0 Å². The van der Waals surface area contributed by atoms with Crippen LogP contribution in [0.4, 0.5) is 0 Å². The molecule has 0 fully saturated rings. The number of aryl methyl sites for hydroxylation is 1. The van der Waals surface area contributed by atoms with Crippen molar-refractivity contribution in [2.75, 3.05) is 7.11 Å². The predicted molar refractivity (Wildman–Crippen MR) is 177 cm³/mol. The number of fused-ring (bicyclic) bond motifs is 1. The summed E-state index contributed by atoms with van der Waals surface area (Å²) < 4.78 is 14.2. The van der Waals surface area contributed by atoms with E-state index in [1.54, 1.807) is 49.7 Å². The van der Waals surface area contributed by atoms with Crippen LogP contribution in [-0.2, 0) is 14.3 Å². The van der Waals surface area contributed by atoms with Gasteiger partial charge in [0.2, 0.25) is 0 Å². The van der Waals surface area contributed by atoms with Gasteiger partial charge in [0.15, 0.2) is 4.80 Å². The van der Waals surface area contributed by atoms with Crippen molar-refractivity contribution in [1.29, 1.82) is 0 Å². The van der Waals surface area contributed by atoms with E-state index in [0.29, 0.717) is 26.2 Å². The molecule has 5 aromatic rings. The van der Waals surface area contributed by atoms with Gasteiger partial charge in [-0.25, -0.2) is 19.3 Å². The third-order valence-electron chi connectivity index (χ3n) is 7.61. The average Bonchev–Trinajstić information content (AvgIpc) is 3.61. The lowest BCUT2D eigenvalue weighted by molar-refractivity contribution is -0.143. The second kappa shape index (κ2) is 12.6. The highest BCUT2D eigenvalue weighted by Crippen LogP contribution is 2.31. The monoisotopic (exact) mass is 632 g/mol. The van der Waals surface area contributed by atoms with Crippen LogP contribution in [-0.4, -0.2) is 39.5 Å². The van der Waals surface area contributed by atoms with Crippen molar-refractivity contribution in [1.82, 2.24) is 14.3 Å². The fraction of sp³-hybridized carbons (Fsp3) is 0.194. The summed E-state index contributed by atoms with van der Waals surface area (Å²) in [6.07, 6.45) is 3.36. The minimum absolute atomic E-state index is 0.260. The summed E-state index contributed by atoms with van der Waals surface area (Å²) in [5, 5.41) is 4.91. The van der Waals surface area contributed by atoms with E-state index in [1.807, 2.05) is 73.8 Å². The van der Waals surface area contributed by atoms with Gasteiger partial charge in [-0.3, -0.25) is 9.36 Å². The first-order valence-corrected chi connectivity index (χ1v) is 15.6. The molecule has 1 aliphatic heterocycles. The number of hydrogen-bond acceptors (Lipinski definition) is 8. The number of ether oxygens (including phenoxy) is 2. The van der Waals surface area contributed by atoms with Gasteiger partial charge in [0, 0.05) is 17.3 Å². The van der Waals surface area contributed by atoms with Crippen LogP contribution in [0.2, 0.25) is 0 Å². The molecule has 0 amide bonds. The van der Waals surface area contributed by atoms with Crippen LogP contribution >= 0.6 is 11.3 Å². The minimum Gasteiger partial charge on any atom is -0.465 e. The minimum atomic E-state index is -0.819. The van der Waals surface area contributed by atoms with Crippen LogP contribution in [0.25, 0.3) is 23.0 Å². The Morgan fingerprint density at radius 2 is 1.63 bits per heavy atom. The van der Waals surface area contributed by atoms with Gasteiger partial charge in [0.05, 0.1) is 52.0 Å². The molecule has 9 nitrogen and oxygen atoms in total. The van der Waals surface area contributed by atoms with Crippen molar-refractivity contribution in [3.05, 3.63) is 138 Å². The Labute approximate surface area is 269 Å². The molecule has 10 heteroatoms. The SMILES string of the molecule is COC(=O)c1ccc(C2C(C(=O)OC(C)C)=C(C)N=c3sc(=Cc4cn(-c5ccccc5)nc4-c4ccc(C)cc4)c(=O)n32)cc1. The van der Waals surface area contributed by atoms with Crippen LogP contribution < -0.4 is 14.9 Å². The van der Waals surface area contributed by atoms with Gasteiger partial charge in [-0.2, -0.15) is 5.10 Å². The highest BCUT2D eigenvalue weighted by Gasteiger charge is 2.34. The normalized spacial score (nSPS) is 14.7. The predicted octanol–water partition coefficient (Wildman–Crippen LogP) is 5.13. The Hall–Kier alpha value is -5.35. The second-order valence-electron chi connectivity index (χ2n) is 11.2. The number of rotatable bonds is 7. The van der Waals surface area contributed by atoms with Crippen LogP contribution in [0.5, 0.6) is 0 Å². The maximum absolute atomic E-state index is 14.3. The van der Waals surface area contributed by atoms with Crippen molar-refractivity contribution in [2.24, 2.45) is 4.99 Å². The highest BCUT2D eigenvalue weighted by atomic mass is 32.1. The smallest absolute Gasteiger partial charge is 0.338 e. The third kappa shape index (κ3) is 5.87. The maximum atomic E-state index is 14.3. The molecule has 0 saturated heterocycles. The molecule has 232 valence electrons. The molecular formula is C36H32N4O5S. The summed E-state index contributed by atoms with van der Waals surface area (Å²) >= 11 is 1.24. The molecule has 0 aliphatic carbocycles. The zero-order valence-electron chi connectivity index (χ0n) is 26.1. The lowest BCUT2D eigenvalue weighted by atomic mass is 9.95. The Bertz CT molecular complexity index is 2160. The number of para-hydroxylation sites is 1. The standard InChI is InChI=1S/C36H32N4O5S/c1-21(2)45-35(43)30-23(4)37-36-40(32(30)25-15-17-26(18-16-25)34(42)44-5)33(41)29(46-36)19-27-20-39(28-9-7-6-8-10-28)38-31(27)24-13-11-22(3)12-14-24/h6-21,32H,1-5H3. The number of carbonyl (C=O) groups is 2. The van der Waals surface area contributed by atoms with Gasteiger partial charge in [-0.15, -0.1) is 0 Å². The third-order valence-corrected chi connectivity index (χ3v) is 8.59. The summed E-state index contributed by atoms with van der Waals surface area (Å²) in [7, 11) is 1.31. The largest absolute Gasteiger partial charge is 0.465 e. The number of benzene rings is 3. The number of methoxy groups -OCH3 is 1. The van der Waals surface area contributed by atoms with Crippen LogP contribution in [0.15, 0.2) is 106 Å². The number of allylic oxidation sites excluding steroid dienone is 1. The molecular weight excluding hydrogens is 600 g/mol. The lowest BCUT2D eigenvalue weighted by Gasteiger charge is -2.25. The Kier molecular flexibility index (Phi) is 8.38. The first-order valence-electron chi connectivity index (χ1n) is 14.8. The molecule has 0 radical (unpaired) electrons. The van der Waals surface area contributed by atoms with Crippen LogP contribution in [0, 0.1) is 6.92 Å². The fourth-order valence-corrected chi connectivity index (χ4v) is 6.42. The van der Waals surface area contributed by atoms with Gasteiger partial charge in [-0.1, -0.05) is 71.5 Å². The zero-order valence-corrected chi connectivity index (χ0v) is 26.9. The molecule has 6 rings (SSSR count). The summed E-state index contributed by atoms with van der Waals surface area (Å²) in [5.41, 5.74) is 5.79. The van der Waals surface area contributed by atoms with E-state index in [1.165, 1.54) is 23.0 Å². The van der Waals surface area contributed by atoms with E-state index >= 15 is 0 Å². The average molecular weight is 633 g/mol. The summed E-state index contributed by atoms with van der Waals surface area (Å²) in [5.74, 6) is -1.04. The number of nitrogens with zero attached hydrogens (tertiary/aromatic N) is 4. The molecule has 0 bridgehead atoms. The van der Waals surface area contributed by atoms with E-state index in [2.05, 4.69) is 0 Å². The van der Waals surface area contributed by atoms with Crippen molar-refractivity contribution < 1.29 is 19.1 Å². The van der Waals surface area contributed by atoms with Crippen LogP contribution in [0.3, 0.4) is 0 Å². The molecule has 0 saturated carbocycles. The molecule has 46 heavy (non-hydrogen) atoms. The molecule has 2 aromatic heterocycles. The van der Waals surface area contributed by atoms with Crippen molar-refractivity contribution >= 4 is 29.4 Å². The van der Waals surface area contributed by atoms with Gasteiger partial charge in [0.25, 0.3) is 5.56 Å². The highest BCUT2D eigenvalue weighted by molar-refractivity contribution is 7.07. The molecule has 0 N–H and O–H groups in total. The number of thiazole rings is 1. The van der Waals surface area contributed by atoms with E-state index < -0.39 is 18.0 Å². The van der Waals surface area contributed by atoms with Crippen LogP contribution in [0.1, 0.15) is 53.9 Å². The molecule has 0 spiro atoms. The second-order valence-corrected chi connectivity index (χ2v) is 12.2. The number of esters is 2. The Morgan fingerprint density at radius 3 is 2.28 bits per heavy atom. The summed E-state index contributed by atoms with van der Waals surface area (Å²) in [6.45, 7) is 7.30. The number of carbonyl (C=O) groups excluding carboxylic acids is 2. The molecule has 1 unspecified atom stereocenters. The lowest BCUT2D eigenvalue weighted by Crippen LogP contribution is -2.40. The summed E-state index contributed by atoms with van der Waals surface area (Å²) in [4.78, 5) is 45.0. The van der Waals surface area contributed by atoms with Gasteiger partial charge >= 0.3 is 11.9 Å². The Morgan fingerprint density at radius 1 is 0.935 bits per heavy atom. The number of hydrogen-bond donors (Lipinski definition) is 0. The van der Waals surface area contributed by atoms with E-state index in [0.717, 1.165) is 28.1 Å². The maximum Gasteiger partial charge on any atom is 0.338 e. The number of aromatic nitrogens is 3. The fourth-order valence-electron chi connectivity index (χ4n) is 5.38. The van der Waals surface area contributed by atoms with E-state index in [4.69, 9.17) is 19.6 Å². The Balaban J connectivity index is 1.54. The molecule has 3 aromatic carbocycles. The topological polar surface area (TPSA) is 105 Å². The molecule has 1 atom stereocenters.